The molecule has 1 aliphatic rings. The van der Waals surface area contributed by atoms with Crippen LogP contribution < -0.4 is 9.47 Å². The van der Waals surface area contributed by atoms with Crippen molar-refractivity contribution in [1.82, 2.24) is 9.80 Å². The highest BCUT2D eigenvalue weighted by molar-refractivity contribution is 9.10. The van der Waals surface area contributed by atoms with Crippen molar-refractivity contribution in [2.45, 2.75) is 26.4 Å². The number of hydrogen-bond donors (Lipinski definition) is 0. The van der Waals surface area contributed by atoms with Gasteiger partial charge >= 0.3 is 0 Å². The Hall–Kier alpha value is -1.93. The lowest BCUT2D eigenvalue weighted by atomic mass is 10.1. The van der Waals surface area contributed by atoms with E-state index < -0.39 is 11.8 Å². The van der Waals surface area contributed by atoms with E-state index in [1.54, 1.807) is 33.3 Å². The lowest BCUT2D eigenvalue weighted by Gasteiger charge is -2.31. The number of thiocarbonyl (C=S) groups is 1. The molecule has 0 saturated carbocycles. The van der Waals surface area contributed by atoms with Crippen LogP contribution in [0.2, 0.25) is 0 Å². The number of benzene rings is 1. The zero-order chi connectivity index (χ0) is 19.6. The van der Waals surface area contributed by atoms with Crippen molar-refractivity contribution in [3.05, 3.63) is 27.7 Å². The lowest BCUT2D eigenvalue weighted by Crippen LogP contribution is -2.52. The molecule has 1 aliphatic heterocycles. The molecule has 0 spiro atoms. The van der Waals surface area contributed by atoms with Crippen LogP contribution in [0.5, 0.6) is 11.5 Å². The van der Waals surface area contributed by atoms with Gasteiger partial charge in [-0.3, -0.25) is 19.4 Å². The Labute approximate surface area is 166 Å². The van der Waals surface area contributed by atoms with Gasteiger partial charge in [-0.1, -0.05) is 6.92 Å². The predicted molar refractivity (Wildman–Crippen MR) is 107 cm³/mol. The fourth-order valence-electron chi connectivity index (χ4n) is 2.36. The maximum absolute atomic E-state index is 12.4. The molecule has 6 nitrogen and oxygen atoms in total. The molecule has 2 rings (SSSR count). The summed E-state index contributed by atoms with van der Waals surface area (Å²) in [6.45, 7) is 4.00. The summed E-state index contributed by atoms with van der Waals surface area (Å²) in [6.07, 6.45) is 2.40. The molecule has 1 atom stereocenters. The van der Waals surface area contributed by atoms with Gasteiger partial charge in [0, 0.05) is 14.1 Å². The van der Waals surface area contributed by atoms with E-state index in [1.165, 1.54) is 15.9 Å². The van der Waals surface area contributed by atoms with Gasteiger partial charge in [0.05, 0.1) is 17.7 Å². The summed E-state index contributed by atoms with van der Waals surface area (Å²) in [5, 5.41) is 0.174. The number of hydrogen-bond acceptors (Lipinski definition) is 5. The van der Waals surface area contributed by atoms with Crippen molar-refractivity contribution < 1.29 is 19.1 Å². The van der Waals surface area contributed by atoms with Crippen molar-refractivity contribution in [2.24, 2.45) is 0 Å². The molecule has 0 aromatic heterocycles. The monoisotopic (exact) mass is 440 g/mol. The number of methoxy groups -OCH3 is 1. The maximum Gasteiger partial charge on any atom is 0.265 e. The SMILES string of the molecule is CC[C@@H](C)Oc1c(Br)cc(C=C2C(=O)N(C)C(=S)N(C)C2=O)cc1OC. The van der Waals surface area contributed by atoms with Crippen LogP contribution in [-0.4, -0.2) is 54.0 Å². The molecule has 1 saturated heterocycles. The van der Waals surface area contributed by atoms with Gasteiger partial charge in [0.1, 0.15) is 5.57 Å². The largest absolute Gasteiger partial charge is 0.493 e. The quantitative estimate of drug-likeness (QED) is 0.399. The summed E-state index contributed by atoms with van der Waals surface area (Å²) in [7, 11) is 4.63. The minimum atomic E-state index is -0.437. The van der Waals surface area contributed by atoms with Crippen molar-refractivity contribution in [2.75, 3.05) is 21.2 Å². The number of carbonyl (C=O) groups is 2. The first kappa shape index (κ1) is 20.4. The molecule has 0 aliphatic carbocycles. The maximum atomic E-state index is 12.4. The topological polar surface area (TPSA) is 59.1 Å². The first-order valence-corrected chi connectivity index (χ1v) is 9.27. The predicted octanol–water partition coefficient (Wildman–Crippen LogP) is 3.23. The van der Waals surface area contributed by atoms with Crippen molar-refractivity contribution in [3.63, 3.8) is 0 Å². The van der Waals surface area contributed by atoms with Crippen LogP contribution in [0.1, 0.15) is 25.8 Å². The molecule has 2 amide bonds. The summed E-state index contributed by atoms with van der Waals surface area (Å²) in [5.74, 6) is 0.224. The van der Waals surface area contributed by atoms with E-state index in [1.807, 2.05) is 13.8 Å². The Morgan fingerprint density at radius 3 is 2.31 bits per heavy atom. The number of amides is 2. The minimum Gasteiger partial charge on any atom is -0.493 e. The number of ether oxygens (including phenoxy) is 2. The second-order valence-corrected chi connectivity index (χ2v) is 7.16. The molecular weight excluding hydrogens is 420 g/mol. The molecule has 1 fully saturated rings. The van der Waals surface area contributed by atoms with Crippen LogP contribution in [0.25, 0.3) is 6.08 Å². The average Bonchev–Trinajstić information content (AvgIpc) is 2.63. The van der Waals surface area contributed by atoms with Gasteiger partial charge in [0.15, 0.2) is 16.6 Å². The van der Waals surface area contributed by atoms with Crippen molar-refractivity contribution in [1.29, 1.82) is 0 Å². The van der Waals surface area contributed by atoms with E-state index >= 15 is 0 Å². The molecule has 140 valence electrons. The van der Waals surface area contributed by atoms with Gasteiger partial charge in [0.25, 0.3) is 11.8 Å². The summed E-state index contributed by atoms with van der Waals surface area (Å²) in [5.41, 5.74) is 0.671. The van der Waals surface area contributed by atoms with Gasteiger partial charge < -0.3 is 9.47 Å². The number of halogens is 1. The summed E-state index contributed by atoms with van der Waals surface area (Å²) in [6, 6.07) is 3.50. The van der Waals surface area contributed by atoms with Gasteiger partial charge in [-0.15, -0.1) is 0 Å². The lowest BCUT2D eigenvalue weighted by molar-refractivity contribution is -0.132. The molecule has 8 heteroatoms. The Balaban J connectivity index is 2.47. The fraction of sp³-hybridized carbons (Fsp3) is 0.389. The molecule has 26 heavy (non-hydrogen) atoms. The van der Waals surface area contributed by atoms with Gasteiger partial charge in [-0.25, -0.2) is 0 Å². The average molecular weight is 441 g/mol. The molecule has 1 aromatic carbocycles. The van der Waals surface area contributed by atoms with E-state index in [4.69, 9.17) is 21.7 Å². The first-order chi connectivity index (χ1) is 12.2. The molecule has 1 aromatic rings. The zero-order valence-corrected chi connectivity index (χ0v) is 17.7. The van der Waals surface area contributed by atoms with Crippen LogP contribution in [0.4, 0.5) is 0 Å². The highest BCUT2D eigenvalue weighted by Gasteiger charge is 2.35. The third kappa shape index (κ3) is 3.91. The van der Waals surface area contributed by atoms with Crippen molar-refractivity contribution in [3.8, 4) is 11.5 Å². The smallest absolute Gasteiger partial charge is 0.265 e. The highest BCUT2D eigenvalue weighted by atomic mass is 79.9. The standard InChI is InChI=1S/C18H21BrN2O4S/c1-6-10(2)25-15-13(19)8-11(9-14(15)24-5)7-12-16(22)20(3)18(26)21(4)17(12)23/h7-10H,6H2,1-5H3/t10-/m1/s1. The minimum absolute atomic E-state index is 0.0224. The fourth-order valence-corrected chi connectivity index (χ4v) is 3.08. The third-order valence-electron chi connectivity index (χ3n) is 4.10. The van der Waals surface area contributed by atoms with Gasteiger partial charge in [-0.2, -0.15) is 0 Å². The Kier molecular flexibility index (Phi) is 6.41. The number of carbonyl (C=O) groups excluding carboxylic acids is 2. The second-order valence-electron chi connectivity index (χ2n) is 5.94. The molecule has 0 radical (unpaired) electrons. The zero-order valence-electron chi connectivity index (χ0n) is 15.3. The van der Waals surface area contributed by atoms with Crippen LogP contribution in [-0.2, 0) is 9.59 Å². The summed E-state index contributed by atoms with van der Waals surface area (Å²) >= 11 is 8.57. The van der Waals surface area contributed by atoms with E-state index in [0.717, 1.165) is 6.42 Å². The number of rotatable bonds is 5. The first-order valence-electron chi connectivity index (χ1n) is 8.07. The number of likely N-dealkylation sites (N-methyl/N-ethyl adjacent to an activating group) is 2. The highest BCUT2D eigenvalue weighted by Crippen LogP contribution is 2.38. The Morgan fingerprint density at radius 2 is 1.81 bits per heavy atom. The Morgan fingerprint density at radius 1 is 1.23 bits per heavy atom. The molecule has 1 heterocycles. The van der Waals surface area contributed by atoms with Crippen LogP contribution in [0.15, 0.2) is 22.2 Å². The van der Waals surface area contributed by atoms with E-state index in [0.29, 0.717) is 21.5 Å². The van der Waals surface area contributed by atoms with E-state index in [9.17, 15) is 9.59 Å². The number of nitrogens with zero attached hydrogens (tertiary/aromatic N) is 2. The molecule has 0 N–H and O–H groups in total. The van der Waals surface area contributed by atoms with Crippen LogP contribution in [0, 0.1) is 0 Å². The second kappa shape index (κ2) is 8.18. The van der Waals surface area contributed by atoms with Gasteiger partial charge in [0.2, 0.25) is 0 Å². The Bertz CT molecular complexity index is 768. The van der Waals surface area contributed by atoms with Crippen molar-refractivity contribution >= 4 is 51.2 Å². The summed E-state index contributed by atoms with van der Waals surface area (Å²) in [4.78, 5) is 27.4. The van der Waals surface area contributed by atoms with Crippen LogP contribution >= 0.6 is 28.1 Å². The third-order valence-corrected chi connectivity index (χ3v) is 5.24. The normalized spacial score (nSPS) is 16.1. The van der Waals surface area contributed by atoms with E-state index in [-0.39, 0.29) is 16.8 Å². The molecule has 0 unspecified atom stereocenters. The molecule has 0 bridgehead atoms. The van der Waals surface area contributed by atoms with E-state index in [2.05, 4.69) is 15.9 Å². The van der Waals surface area contributed by atoms with Gasteiger partial charge in [-0.05, 0) is 65.3 Å². The molecular formula is C18H21BrN2O4S. The van der Waals surface area contributed by atoms with Crippen LogP contribution in [0.3, 0.4) is 0 Å². The summed E-state index contributed by atoms with van der Waals surface area (Å²) < 4.78 is 12.0.